The lowest BCUT2D eigenvalue weighted by atomic mass is 10.1. The summed E-state index contributed by atoms with van der Waals surface area (Å²) in [4.78, 5) is 6.66. The highest BCUT2D eigenvalue weighted by Crippen LogP contribution is 2.13. The zero-order valence-corrected chi connectivity index (χ0v) is 11.9. The Morgan fingerprint density at radius 1 is 1.40 bits per heavy atom. The molecule has 1 N–H and O–H groups in total. The number of fused-ring (bicyclic) bond motifs is 1. The Labute approximate surface area is 119 Å². The number of benzene rings is 1. The molecule has 1 aliphatic heterocycles. The zero-order valence-electron chi connectivity index (χ0n) is 11.9. The summed E-state index contributed by atoms with van der Waals surface area (Å²) in [6, 6.07) is 10.5. The first-order valence-corrected chi connectivity index (χ1v) is 7.16. The number of aromatic nitrogens is 1. The van der Waals surface area contributed by atoms with Gasteiger partial charge in [0.1, 0.15) is 0 Å². The van der Waals surface area contributed by atoms with Gasteiger partial charge in [0, 0.05) is 37.8 Å². The molecule has 0 amide bonds. The molecular weight excluding hydrogens is 250 g/mol. The van der Waals surface area contributed by atoms with Gasteiger partial charge in [-0.05, 0) is 30.8 Å². The molecule has 0 aliphatic carbocycles. The van der Waals surface area contributed by atoms with Crippen LogP contribution in [0, 0.1) is 0 Å². The van der Waals surface area contributed by atoms with Crippen molar-refractivity contribution >= 4 is 10.9 Å². The lowest BCUT2D eigenvalue weighted by Crippen LogP contribution is -2.44. The number of morpholine rings is 1. The minimum absolute atomic E-state index is 0.302. The van der Waals surface area contributed by atoms with Crippen LogP contribution in [0.25, 0.3) is 10.9 Å². The number of nitrogens with zero attached hydrogens (tertiary/aromatic N) is 2. The van der Waals surface area contributed by atoms with Crippen molar-refractivity contribution in [3.8, 4) is 0 Å². The van der Waals surface area contributed by atoms with Crippen LogP contribution in [0.4, 0.5) is 0 Å². The van der Waals surface area contributed by atoms with Gasteiger partial charge in [-0.15, -0.1) is 0 Å². The van der Waals surface area contributed by atoms with Crippen molar-refractivity contribution in [1.29, 1.82) is 0 Å². The fourth-order valence-electron chi connectivity index (χ4n) is 2.60. The van der Waals surface area contributed by atoms with Gasteiger partial charge in [0.05, 0.1) is 18.2 Å². The van der Waals surface area contributed by atoms with E-state index in [4.69, 9.17) is 4.74 Å². The van der Waals surface area contributed by atoms with Crippen molar-refractivity contribution in [3.05, 3.63) is 42.1 Å². The van der Waals surface area contributed by atoms with Crippen LogP contribution in [0.15, 0.2) is 36.5 Å². The Bertz CT molecular complexity index is 572. The fraction of sp³-hybridized carbons (Fsp3) is 0.438. The van der Waals surface area contributed by atoms with Crippen molar-refractivity contribution in [3.63, 3.8) is 0 Å². The third-order valence-corrected chi connectivity index (χ3v) is 3.71. The lowest BCUT2D eigenvalue weighted by Gasteiger charge is -2.30. The summed E-state index contributed by atoms with van der Waals surface area (Å²) in [6.07, 6.45) is 2.13. The SMILES string of the molecule is CN1CCOC(CNCc2ccc3ncccc3c2)C1. The summed E-state index contributed by atoms with van der Waals surface area (Å²) in [6.45, 7) is 4.65. The van der Waals surface area contributed by atoms with E-state index in [9.17, 15) is 0 Å². The average molecular weight is 271 g/mol. The maximum absolute atomic E-state index is 5.74. The van der Waals surface area contributed by atoms with Gasteiger partial charge < -0.3 is 15.0 Å². The molecule has 0 saturated carbocycles. The van der Waals surface area contributed by atoms with Crippen LogP contribution in [0.5, 0.6) is 0 Å². The first-order chi connectivity index (χ1) is 9.81. The van der Waals surface area contributed by atoms with Crippen LogP contribution >= 0.6 is 0 Å². The highest BCUT2D eigenvalue weighted by Gasteiger charge is 2.16. The van der Waals surface area contributed by atoms with E-state index in [2.05, 4.69) is 46.5 Å². The maximum Gasteiger partial charge on any atom is 0.0826 e. The normalized spacial score (nSPS) is 20.4. The van der Waals surface area contributed by atoms with Crippen LogP contribution in [0.2, 0.25) is 0 Å². The van der Waals surface area contributed by atoms with E-state index in [0.717, 1.165) is 38.3 Å². The molecule has 20 heavy (non-hydrogen) atoms. The summed E-state index contributed by atoms with van der Waals surface area (Å²) >= 11 is 0. The summed E-state index contributed by atoms with van der Waals surface area (Å²) < 4.78 is 5.74. The highest BCUT2D eigenvalue weighted by atomic mass is 16.5. The Kier molecular flexibility index (Phi) is 4.25. The Balaban J connectivity index is 1.54. The Morgan fingerprint density at radius 2 is 2.35 bits per heavy atom. The van der Waals surface area contributed by atoms with Crippen LogP contribution in [-0.4, -0.2) is 49.3 Å². The number of likely N-dealkylation sites (N-methyl/N-ethyl adjacent to an activating group) is 1. The molecule has 106 valence electrons. The fourth-order valence-corrected chi connectivity index (χ4v) is 2.60. The first-order valence-electron chi connectivity index (χ1n) is 7.16. The predicted molar refractivity (Wildman–Crippen MR) is 80.7 cm³/mol. The van der Waals surface area contributed by atoms with Gasteiger partial charge in [0.25, 0.3) is 0 Å². The minimum Gasteiger partial charge on any atom is -0.374 e. The van der Waals surface area contributed by atoms with Crippen molar-refractivity contribution < 1.29 is 4.74 Å². The molecule has 4 heteroatoms. The van der Waals surface area contributed by atoms with Crippen LogP contribution in [0.1, 0.15) is 5.56 Å². The molecule has 0 bridgehead atoms. The van der Waals surface area contributed by atoms with Crippen molar-refractivity contribution in [2.75, 3.05) is 33.3 Å². The zero-order chi connectivity index (χ0) is 13.8. The van der Waals surface area contributed by atoms with Crippen LogP contribution in [-0.2, 0) is 11.3 Å². The summed E-state index contributed by atoms with van der Waals surface area (Å²) in [5.41, 5.74) is 2.34. The quantitative estimate of drug-likeness (QED) is 0.917. The van der Waals surface area contributed by atoms with Gasteiger partial charge in [-0.3, -0.25) is 4.98 Å². The summed E-state index contributed by atoms with van der Waals surface area (Å²) in [5, 5.41) is 4.68. The minimum atomic E-state index is 0.302. The molecule has 2 heterocycles. The molecule has 1 atom stereocenters. The van der Waals surface area contributed by atoms with Crippen molar-refractivity contribution in [1.82, 2.24) is 15.2 Å². The largest absolute Gasteiger partial charge is 0.374 e. The molecule has 1 fully saturated rings. The van der Waals surface area contributed by atoms with Gasteiger partial charge in [0.15, 0.2) is 0 Å². The van der Waals surface area contributed by atoms with Crippen LogP contribution < -0.4 is 5.32 Å². The second kappa shape index (κ2) is 6.31. The molecule has 1 unspecified atom stereocenters. The molecular formula is C16H21N3O. The van der Waals surface area contributed by atoms with Crippen LogP contribution in [0.3, 0.4) is 0 Å². The van der Waals surface area contributed by atoms with Gasteiger partial charge in [-0.2, -0.15) is 0 Å². The Hall–Kier alpha value is -1.49. The van der Waals surface area contributed by atoms with E-state index < -0.39 is 0 Å². The molecule has 1 aliphatic rings. The second-order valence-corrected chi connectivity index (χ2v) is 5.42. The third-order valence-electron chi connectivity index (χ3n) is 3.71. The van der Waals surface area contributed by atoms with E-state index in [0.29, 0.717) is 6.10 Å². The third kappa shape index (κ3) is 3.33. The van der Waals surface area contributed by atoms with Gasteiger partial charge in [0.2, 0.25) is 0 Å². The van der Waals surface area contributed by atoms with Gasteiger partial charge >= 0.3 is 0 Å². The lowest BCUT2D eigenvalue weighted by molar-refractivity contribution is -0.0182. The summed E-state index contributed by atoms with van der Waals surface area (Å²) in [5.74, 6) is 0. The Morgan fingerprint density at radius 3 is 3.25 bits per heavy atom. The smallest absolute Gasteiger partial charge is 0.0826 e. The number of hydrogen-bond acceptors (Lipinski definition) is 4. The monoisotopic (exact) mass is 271 g/mol. The van der Waals surface area contributed by atoms with Crippen molar-refractivity contribution in [2.24, 2.45) is 0 Å². The number of nitrogens with one attached hydrogen (secondary N) is 1. The highest BCUT2D eigenvalue weighted by molar-refractivity contribution is 5.78. The number of pyridine rings is 1. The van der Waals surface area contributed by atoms with Gasteiger partial charge in [-0.25, -0.2) is 0 Å². The molecule has 3 rings (SSSR count). The van der Waals surface area contributed by atoms with E-state index in [1.807, 2.05) is 12.3 Å². The molecule has 1 aromatic carbocycles. The standard InChI is InChI=1S/C16H21N3O/c1-19-7-8-20-15(12-19)11-17-10-13-4-5-16-14(9-13)3-2-6-18-16/h2-6,9,15,17H,7-8,10-12H2,1H3. The van der Waals surface area contributed by atoms with Gasteiger partial charge in [-0.1, -0.05) is 12.1 Å². The first kappa shape index (κ1) is 13.5. The molecule has 0 spiro atoms. The van der Waals surface area contributed by atoms with E-state index >= 15 is 0 Å². The van der Waals surface area contributed by atoms with E-state index in [1.165, 1.54) is 10.9 Å². The number of hydrogen-bond donors (Lipinski definition) is 1. The molecule has 1 saturated heterocycles. The van der Waals surface area contributed by atoms with Crippen molar-refractivity contribution in [2.45, 2.75) is 12.6 Å². The molecule has 0 radical (unpaired) electrons. The maximum atomic E-state index is 5.74. The van der Waals surface area contributed by atoms with E-state index in [1.54, 1.807) is 0 Å². The number of rotatable bonds is 4. The molecule has 4 nitrogen and oxygen atoms in total. The average Bonchev–Trinajstić information content (AvgIpc) is 2.47. The van der Waals surface area contributed by atoms with E-state index in [-0.39, 0.29) is 0 Å². The molecule has 2 aromatic rings. The summed E-state index contributed by atoms with van der Waals surface area (Å²) in [7, 11) is 2.14. The second-order valence-electron chi connectivity index (χ2n) is 5.42. The molecule has 1 aromatic heterocycles. The predicted octanol–water partition coefficient (Wildman–Crippen LogP) is 1.65. The number of ether oxygens (including phenoxy) is 1. The topological polar surface area (TPSA) is 37.4 Å².